The maximum Gasteiger partial charge on any atom is 0.272 e. The van der Waals surface area contributed by atoms with Crippen LogP contribution in [-0.4, -0.2) is 23.4 Å². The van der Waals surface area contributed by atoms with Crippen LogP contribution >= 0.6 is 0 Å². The molecule has 102 valence electrons. The van der Waals surface area contributed by atoms with E-state index in [0.29, 0.717) is 17.7 Å². The molecule has 0 fully saturated rings. The highest BCUT2D eigenvalue weighted by Crippen LogP contribution is 2.04. The molecule has 2 aromatic rings. The summed E-state index contributed by atoms with van der Waals surface area (Å²) in [6, 6.07) is 17.7. The van der Waals surface area contributed by atoms with Crippen molar-refractivity contribution in [1.29, 1.82) is 0 Å². The van der Waals surface area contributed by atoms with Gasteiger partial charge >= 0.3 is 0 Å². The van der Waals surface area contributed by atoms with Gasteiger partial charge in [0.25, 0.3) is 11.8 Å². The van der Waals surface area contributed by atoms with Gasteiger partial charge in [-0.15, -0.1) is 0 Å². The van der Waals surface area contributed by atoms with Crippen molar-refractivity contribution in [2.24, 2.45) is 0 Å². The third-order valence-corrected chi connectivity index (χ3v) is 2.85. The Morgan fingerprint density at radius 1 is 0.900 bits per heavy atom. The molecule has 0 aliphatic heterocycles. The van der Waals surface area contributed by atoms with E-state index in [1.165, 1.54) is 5.01 Å². The minimum Gasteiger partial charge on any atom is -0.267 e. The molecule has 4 heteroatoms. The van der Waals surface area contributed by atoms with Gasteiger partial charge in [-0.2, -0.15) is 0 Å². The van der Waals surface area contributed by atoms with Gasteiger partial charge in [-0.25, -0.2) is 0 Å². The maximum absolute atomic E-state index is 12.3. The third-order valence-electron chi connectivity index (χ3n) is 2.85. The van der Waals surface area contributed by atoms with E-state index in [9.17, 15) is 9.59 Å². The largest absolute Gasteiger partial charge is 0.272 e. The van der Waals surface area contributed by atoms with Crippen molar-refractivity contribution in [2.75, 3.05) is 6.54 Å². The molecule has 0 aromatic heterocycles. The SMILES string of the molecule is CCN(NC(=O)c1ccccc1)C(=O)c1ccccc1. The van der Waals surface area contributed by atoms with E-state index in [1.807, 2.05) is 19.1 Å². The van der Waals surface area contributed by atoms with E-state index in [2.05, 4.69) is 5.43 Å². The number of nitrogens with zero attached hydrogens (tertiary/aromatic N) is 1. The second-order valence-corrected chi connectivity index (χ2v) is 4.22. The van der Waals surface area contributed by atoms with Crippen molar-refractivity contribution in [3.05, 3.63) is 71.8 Å². The van der Waals surface area contributed by atoms with Gasteiger partial charge in [0, 0.05) is 17.7 Å². The number of hydrazine groups is 1. The van der Waals surface area contributed by atoms with E-state index in [0.717, 1.165) is 0 Å². The fraction of sp³-hybridized carbons (Fsp3) is 0.125. The Morgan fingerprint density at radius 2 is 1.40 bits per heavy atom. The first kappa shape index (κ1) is 13.8. The van der Waals surface area contributed by atoms with Crippen LogP contribution in [0.4, 0.5) is 0 Å². The Kier molecular flexibility index (Phi) is 4.50. The zero-order valence-corrected chi connectivity index (χ0v) is 11.2. The van der Waals surface area contributed by atoms with Crippen LogP contribution in [0.3, 0.4) is 0 Å². The second-order valence-electron chi connectivity index (χ2n) is 4.22. The summed E-state index contributed by atoms with van der Waals surface area (Å²) in [5, 5.41) is 1.31. The van der Waals surface area contributed by atoms with Crippen LogP contribution in [0.1, 0.15) is 27.6 Å². The first-order valence-electron chi connectivity index (χ1n) is 6.45. The minimum absolute atomic E-state index is 0.225. The third kappa shape index (κ3) is 3.23. The van der Waals surface area contributed by atoms with Gasteiger partial charge in [0.15, 0.2) is 0 Å². The molecule has 0 unspecified atom stereocenters. The smallest absolute Gasteiger partial charge is 0.267 e. The van der Waals surface area contributed by atoms with Crippen LogP contribution < -0.4 is 5.43 Å². The van der Waals surface area contributed by atoms with E-state index in [1.54, 1.807) is 48.5 Å². The molecule has 0 radical (unpaired) electrons. The number of amides is 2. The van der Waals surface area contributed by atoms with Crippen molar-refractivity contribution in [1.82, 2.24) is 10.4 Å². The average Bonchev–Trinajstić information content (AvgIpc) is 2.53. The molecule has 2 rings (SSSR count). The predicted molar refractivity (Wildman–Crippen MR) is 77.1 cm³/mol. The van der Waals surface area contributed by atoms with E-state index >= 15 is 0 Å². The molecular formula is C16H16N2O2. The number of hydrogen-bond donors (Lipinski definition) is 1. The molecule has 0 bridgehead atoms. The van der Waals surface area contributed by atoms with Crippen LogP contribution in [0.5, 0.6) is 0 Å². The van der Waals surface area contributed by atoms with Crippen LogP contribution in [0, 0.1) is 0 Å². The lowest BCUT2D eigenvalue weighted by Gasteiger charge is -2.21. The Bertz CT molecular complexity index is 582. The Morgan fingerprint density at radius 3 is 1.90 bits per heavy atom. The van der Waals surface area contributed by atoms with Gasteiger partial charge < -0.3 is 0 Å². The fourth-order valence-corrected chi connectivity index (χ4v) is 1.79. The average molecular weight is 268 g/mol. The molecule has 4 nitrogen and oxygen atoms in total. The van der Waals surface area contributed by atoms with Crippen molar-refractivity contribution < 1.29 is 9.59 Å². The number of carbonyl (C=O) groups is 2. The normalized spacial score (nSPS) is 9.85. The van der Waals surface area contributed by atoms with Crippen LogP contribution in [0.15, 0.2) is 60.7 Å². The predicted octanol–water partition coefficient (Wildman–Crippen LogP) is 2.49. The summed E-state index contributed by atoms with van der Waals surface area (Å²) < 4.78 is 0. The van der Waals surface area contributed by atoms with Crippen molar-refractivity contribution in [3.8, 4) is 0 Å². The van der Waals surface area contributed by atoms with Gasteiger partial charge in [0.1, 0.15) is 0 Å². The highest BCUT2D eigenvalue weighted by molar-refractivity contribution is 5.99. The van der Waals surface area contributed by atoms with E-state index in [-0.39, 0.29) is 11.8 Å². The molecular weight excluding hydrogens is 252 g/mol. The summed E-state index contributed by atoms with van der Waals surface area (Å²) in [6.07, 6.45) is 0. The zero-order valence-electron chi connectivity index (χ0n) is 11.2. The molecule has 1 N–H and O–H groups in total. The molecule has 0 saturated carbocycles. The Hall–Kier alpha value is -2.62. The first-order valence-corrected chi connectivity index (χ1v) is 6.45. The summed E-state index contributed by atoms with van der Waals surface area (Å²) >= 11 is 0. The van der Waals surface area contributed by atoms with Gasteiger partial charge in [0.05, 0.1) is 0 Å². The monoisotopic (exact) mass is 268 g/mol. The van der Waals surface area contributed by atoms with Gasteiger partial charge in [-0.05, 0) is 31.2 Å². The summed E-state index contributed by atoms with van der Waals surface area (Å²) in [4.78, 5) is 24.3. The van der Waals surface area contributed by atoms with Crippen molar-refractivity contribution >= 4 is 11.8 Å². The van der Waals surface area contributed by atoms with E-state index in [4.69, 9.17) is 0 Å². The molecule has 20 heavy (non-hydrogen) atoms. The molecule has 0 aliphatic rings. The molecule has 0 saturated heterocycles. The van der Waals surface area contributed by atoms with Crippen molar-refractivity contribution in [2.45, 2.75) is 6.92 Å². The lowest BCUT2D eigenvalue weighted by Crippen LogP contribution is -2.46. The lowest BCUT2D eigenvalue weighted by atomic mass is 10.2. The van der Waals surface area contributed by atoms with Crippen molar-refractivity contribution in [3.63, 3.8) is 0 Å². The summed E-state index contributed by atoms with van der Waals surface area (Å²) in [5.74, 6) is -0.519. The molecule has 0 heterocycles. The quantitative estimate of drug-likeness (QED) is 0.869. The summed E-state index contributed by atoms with van der Waals surface area (Å²) in [7, 11) is 0. The fourth-order valence-electron chi connectivity index (χ4n) is 1.79. The van der Waals surface area contributed by atoms with Gasteiger partial charge in [0.2, 0.25) is 0 Å². The van der Waals surface area contributed by atoms with Gasteiger partial charge in [-0.1, -0.05) is 36.4 Å². The highest BCUT2D eigenvalue weighted by Gasteiger charge is 2.16. The molecule has 2 aromatic carbocycles. The maximum atomic E-state index is 12.3. The molecule has 0 aliphatic carbocycles. The van der Waals surface area contributed by atoms with Crippen LogP contribution in [0.2, 0.25) is 0 Å². The highest BCUT2D eigenvalue weighted by atomic mass is 16.2. The minimum atomic E-state index is -0.295. The molecule has 2 amide bonds. The molecule has 0 spiro atoms. The van der Waals surface area contributed by atoms with Crippen LogP contribution in [-0.2, 0) is 0 Å². The standard InChI is InChI=1S/C16H16N2O2/c1-2-18(16(20)14-11-7-4-8-12-14)17-15(19)13-9-5-3-6-10-13/h3-12H,2H2,1H3,(H,17,19). The Balaban J connectivity index is 2.10. The number of benzene rings is 2. The number of carbonyl (C=O) groups excluding carboxylic acids is 2. The zero-order chi connectivity index (χ0) is 14.4. The number of rotatable bonds is 3. The second kappa shape index (κ2) is 6.52. The lowest BCUT2D eigenvalue weighted by molar-refractivity contribution is 0.0594. The summed E-state index contributed by atoms with van der Waals surface area (Å²) in [6.45, 7) is 2.21. The number of hydrogen-bond acceptors (Lipinski definition) is 2. The first-order chi connectivity index (χ1) is 9.72. The van der Waals surface area contributed by atoms with Gasteiger partial charge in [-0.3, -0.25) is 20.0 Å². The van der Waals surface area contributed by atoms with Crippen LogP contribution in [0.25, 0.3) is 0 Å². The topological polar surface area (TPSA) is 49.4 Å². The number of nitrogens with one attached hydrogen (secondary N) is 1. The summed E-state index contributed by atoms with van der Waals surface area (Å²) in [5.41, 5.74) is 3.69. The van der Waals surface area contributed by atoms with E-state index < -0.39 is 0 Å². The Labute approximate surface area is 118 Å². The molecule has 0 atom stereocenters.